The quantitative estimate of drug-likeness (QED) is 0.834. The van der Waals surface area contributed by atoms with Gasteiger partial charge in [0.2, 0.25) is 5.91 Å². The van der Waals surface area contributed by atoms with E-state index in [9.17, 15) is 4.79 Å². The predicted octanol–water partition coefficient (Wildman–Crippen LogP) is 2.15. The first-order valence-electron chi connectivity index (χ1n) is 8.18. The monoisotopic (exact) mass is 320 g/mol. The van der Waals surface area contributed by atoms with Crippen LogP contribution in [0.2, 0.25) is 0 Å². The molecule has 128 valence electrons. The third-order valence-corrected chi connectivity index (χ3v) is 4.32. The van der Waals surface area contributed by atoms with E-state index in [1.165, 1.54) is 0 Å². The number of morpholine rings is 1. The van der Waals surface area contributed by atoms with Crippen LogP contribution in [0.15, 0.2) is 24.3 Å². The highest BCUT2D eigenvalue weighted by Crippen LogP contribution is 2.17. The van der Waals surface area contributed by atoms with Crippen molar-refractivity contribution in [2.24, 2.45) is 0 Å². The smallest absolute Gasteiger partial charge is 0.239 e. The Labute approximate surface area is 139 Å². The van der Waals surface area contributed by atoms with Crippen LogP contribution >= 0.6 is 0 Å². The van der Waals surface area contributed by atoms with Gasteiger partial charge < -0.3 is 14.4 Å². The van der Waals surface area contributed by atoms with E-state index >= 15 is 0 Å². The van der Waals surface area contributed by atoms with Crippen LogP contribution in [0.3, 0.4) is 0 Å². The number of ether oxygens (including phenoxy) is 2. The highest BCUT2D eigenvalue weighted by molar-refractivity contribution is 5.81. The zero-order valence-corrected chi connectivity index (χ0v) is 14.8. The number of likely N-dealkylation sites (N-methyl/N-ethyl adjacent to an activating group) is 1. The van der Waals surface area contributed by atoms with Gasteiger partial charge in [0.15, 0.2) is 0 Å². The molecule has 3 atom stereocenters. The van der Waals surface area contributed by atoms with Crippen molar-refractivity contribution in [3.63, 3.8) is 0 Å². The lowest BCUT2D eigenvalue weighted by Crippen LogP contribution is -2.53. The highest BCUT2D eigenvalue weighted by Gasteiger charge is 2.30. The average molecular weight is 320 g/mol. The minimum atomic E-state index is -0.168. The van der Waals surface area contributed by atoms with Crippen LogP contribution in [0.25, 0.3) is 0 Å². The fourth-order valence-corrected chi connectivity index (χ4v) is 3.01. The zero-order valence-electron chi connectivity index (χ0n) is 14.8. The summed E-state index contributed by atoms with van der Waals surface area (Å²) < 4.78 is 11.0. The molecule has 0 bridgehead atoms. The first kappa shape index (κ1) is 17.8. The predicted molar refractivity (Wildman–Crippen MR) is 90.5 cm³/mol. The first-order valence-corrected chi connectivity index (χ1v) is 8.18. The second-order valence-electron chi connectivity index (χ2n) is 6.44. The summed E-state index contributed by atoms with van der Waals surface area (Å²) in [4.78, 5) is 16.7. The molecule has 5 nitrogen and oxygen atoms in total. The van der Waals surface area contributed by atoms with Gasteiger partial charge in [-0.05, 0) is 45.5 Å². The van der Waals surface area contributed by atoms with Crippen molar-refractivity contribution < 1.29 is 14.3 Å². The summed E-state index contributed by atoms with van der Waals surface area (Å²) in [5, 5.41) is 0. The van der Waals surface area contributed by atoms with E-state index in [0.29, 0.717) is 19.6 Å². The van der Waals surface area contributed by atoms with Crippen molar-refractivity contribution in [2.45, 2.75) is 45.6 Å². The number of hydrogen-bond donors (Lipinski definition) is 0. The number of carbonyl (C=O) groups excluding carboxylic acids is 1. The molecule has 0 spiro atoms. The minimum absolute atomic E-state index is 0.0959. The van der Waals surface area contributed by atoms with Gasteiger partial charge in [-0.25, -0.2) is 0 Å². The van der Waals surface area contributed by atoms with Crippen LogP contribution in [0.1, 0.15) is 26.3 Å². The summed E-state index contributed by atoms with van der Waals surface area (Å²) in [6, 6.07) is 7.79. The van der Waals surface area contributed by atoms with Crippen LogP contribution < -0.4 is 4.74 Å². The normalized spacial score (nSPS) is 23.0. The maximum Gasteiger partial charge on any atom is 0.239 e. The van der Waals surface area contributed by atoms with Gasteiger partial charge in [0, 0.05) is 19.6 Å². The van der Waals surface area contributed by atoms with Gasteiger partial charge in [-0.3, -0.25) is 9.69 Å². The molecule has 0 aromatic heterocycles. The average Bonchev–Trinajstić information content (AvgIpc) is 2.52. The van der Waals surface area contributed by atoms with Crippen LogP contribution in [-0.2, 0) is 16.1 Å². The molecule has 2 rings (SSSR count). The third kappa shape index (κ3) is 4.69. The molecule has 5 heteroatoms. The Bertz CT molecular complexity index is 525. The number of benzene rings is 1. The van der Waals surface area contributed by atoms with Crippen molar-refractivity contribution in [3.8, 4) is 5.75 Å². The number of nitrogens with zero attached hydrogens (tertiary/aromatic N) is 2. The Morgan fingerprint density at radius 1 is 1.39 bits per heavy atom. The molecular formula is C18H28N2O3. The lowest BCUT2D eigenvalue weighted by molar-refractivity contribution is -0.147. The molecule has 1 saturated heterocycles. The van der Waals surface area contributed by atoms with E-state index in [1.54, 1.807) is 7.11 Å². The van der Waals surface area contributed by atoms with E-state index in [-0.39, 0.29) is 24.2 Å². The molecular weight excluding hydrogens is 292 g/mol. The van der Waals surface area contributed by atoms with Gasteiger partial charge in [0.25, 0.3) is 0 Å². The van der Waals surface area contributed by atoms with Crippen LogP contribution in [0, 0.1) is 0 Å². The van der Waals surface area contributed by atoms with Crippen LogP contribution in [0.4, 0.5) is 0 Å². The Kier molecular flexibility index (Phi) is 6.02. The Morgan fingerprint density at radius 2 is 2.04 bits per heavy atom. The van der Waals surface area contributed by atoms with Crippen LogP contribution in [0.5, 0.6) is 5.75 Å². The summed E-state index contributed by atoms with van der Waals surface area (Å²) >= 11 is 0. The lowest BCUT2D eigenvalue weighted by atomic mass is 10.1. The third-order valence-electron chi connectivity index (χ3n) is 4.32. The SMILES string of the molecule is COc1cccc(CN(C)C(C)C(=O)N2CC(C)OC(C)C2)c1. The van der Waals surface area contributed by atoms with E-state index in [0.717, 1.165) is 11.3 Å². The van der Waals surface area contributed by atoms with Crippen molar-refractivity contribution in [2.75, 3.05) is 27.2 Å². The first-order chi connectivity index (χ1) is 10.9. The zero-order chi connectivity index (χ0) is 17.0. The molecule has 1 aromatic rings. The summed E-state index contributed by atoms with van der Waals surface area (Å²) in [6.45, 7) is 8.04. The topological polar surface area (TPSA) is 42.0 Å². The van der Waals surface area contributed by atoms with Crippen molar-refractivity contribution in [3.05, 3.63) is 29.8 Å². The molecule has 0 aliphatic carbocycles. The second-order valence-corrected chi connectivity index (χ2v) is 6.44. The Hall–Kier alpha value is -1.59. The van der Waals surface area contributed by atoms with E-state index < -0.39 is 0 Å². The summed E-state index contributed by atoms with van der Waals surface area (Å²) in [7, 11) is 3.64. The minimum Gasteiger partial charge on any atom is -0.497 e. The molecule has 1 fully saturated rings. The van der Waals surface area contributed by atoms with E-state index in [1.807, 2.05) is 50.9 Å². The molecule has 0 radical (unpaired) electrons. The summed E-state index contributed by atoms with van der Waals surface area (Å²) in [6.07, 6.45) is 0.192. The van der Waals surface area contributed by atoms with Crippen LogP contribution in [-0.4, -0.2) is 61.2 Å². The fraction of sp³-hybridized carbons (Fsp3) is 0.611. The molecule has 23 heavy (non-hydrogen) atoms. The number of carbonyl (C=O) groups is 1. The second kappa shape index (κ2) is 7.79. The molecule has 1 aromatic carbocycles. The van der Waals surface area contributed by atoms with Gasteiger partial charge in [-0.15, -0.1) is 0 Å². The fourth-order valence-electron chi connectivity index (χ4n) is 3.01. The molecule has 3 unspecified atom stereocenters. The van der Waals surface area contributed by atoms with Gasteiger partial charge in [-0.1, -0.05) is 12.1 Å². The Balaban J connectivity index is 1.97. The van der Waals surface area contributed by atoms with Crippen molar-refractivity contribution in [1.82, 2.24) is 9.80 Å². The van der Waals surface area contributed by atoms with Crippen molar-refractivity contribution >= 4 is 5.91 Å². The summed E-state index contributed by atoms with van der Waals surface area (Å²) in [5.74, 6) is 1.00. The standard InChI is InChI=1S/C18H28N2O3/c1-13-10-20(11-14(2)23-13)18(21)15(3)19(4)12-16-7-6-8-17(9-16)22-5/h6-9,13-15H,10-12H2,1-5H3. The van der Waals surface area contributed by atoms with E-state index in [2.05, 4.69) is 11.0 Å². The maximum atomic E-state index is 12.7. The molecule has 0 saturated carbocycles. The summed E-state index contributed by atoms with van der Waals surface area (Å²) in [5.41, 5.74) is 1.13. The maximum absolute atomic E-state index is 12.7. The van der Waals surface area contributed by atoms with Gasteiger partial charge in [0.1, 0.15) is 5.75 Å². The Morgan fingerprint density at radius 3 is 2.65 bits per heavy atom. The molecule has 1 amide bonds. The van der Waals surface area contributed by atoms with Crippen molar-refractivity contribution in [1.29, 1.82) is 0 Å². The molecule has 1 heterocycles. The number of hydrogen-bond acceptors (Lipinski definition) is 4. The highest BCUT2D eigenvalue weighted by atomic mass is 16.5. The number of amides is 1. The van der Waals surface area contributed by atoms with Gasteiger partial charge in [-0.2, -0.15) is 0 Å². The largest absolute Gasteiger partial charge is 0.497 e. The number of rotatable bonds is 5. The number of methoxy groups -OCH3 is 1. The lowest BCUT2D eigenvalue weighted by Gasteiger charge is -2.38. The van der Waals surface area contributed by atoms with Gasteiger partial charge in [0.05, 0.1) is 25.4 Å². The molecule has 1 aliphatic rings. The van der Waals surface area contributed by atoms with E-state index in [4.69, 9.17) is 9.47 Å². The molecule has 1 aliphatic heterocycles. The molecule has 0 N–H and O–H groups in total. The van der Waals surface area contributed by atoms with Gasteiger partial charge >= 0.3 is 0 Å².